The monoisotopic (exact) mass is 276 g/mol. The second-order valence-corrected chi connectivity index (χ2v) is 3.38. The molecule has 0 heterocycles. The summed E-state index contributed by atoms with van der Waals surface area (Å²) in [6.07, 6.45) is 3.77. The Kier molecular flexibility index (Phi) is 22.9. The van der Waals surface area contributed by atoms with Crippen molar-refractivity contribution in [1.29, 1.82) is 0 Å². The zero-order valence-electron chi connectivity index (χ0n) is 5.10. The Morgan fingerprint density at radius 1 is 1.38 bits per heavy atom. The van der Waals surface area contributed by atoms with Gasteiger partial charge in [0.1, 0.15) is 0 Å². The summed E-state index contributed by atoms with van der Waals surface area (Å²) < 4.78 is 1.25. The van der Waals surface area contributed by atoms with Crippen molar-refractivity contribution >= 4 is 16.0 Å². The fraction of sp³-hybridized carbons (Fsp3) is 0.333. The van der Waals surface area contributed by atoms with E-state index in [0.717, 1.165) is 31.1 Å². The van der Waals surface area contributed by atoms with Gasteiger partial charge < -0.3 is 0 Å². The van der Waals surface area contributed by atoms with Crippen LogP contribution in [0.15, 0.2) is 25.3 Å². The summed E-state index contributed by atoms with van der Waals surface area (Å²) in [4.78, 5) is 0. The molecule has 0 fully saturated rings. The number of hydrogen-bond donors (Lipinski definition) is 0. The first kappa shape index (κ1) is 11.7. The van der Waals surface area contributed by atoms with Crippen LogP contribution in [0.1, 0.15) is 0 Å². The van der Waals surface area contributed by atoms with Crippen molar-refractivity contribution in [3.05, 3.63) is 25.3 Å². The van der Waals surface area contributed by atoms with Crippen LogP contribution in [-0.2, 0) is 25.8 Å². The van der Waals surface area contributed by atoms with Crippen LogP contribution in [0.5, 0.6) is 0 Å². The van der Waals surface area contributed by atoms with Gasteiger partial charge in [0.2, 0.25) is 0 Å². The molecule has 2 heteroatoms. The summed E-state index contributed by atoms with van der Waals surface area (Å²) in [7, 11) is 0. The van der Waals surface area contributed by atoms with E-state index in [0.29, 0.717) is 0 Å². The van der Waals surface area contributed by atoms with Gasteiger partial charge in [-0.3, -0.25) is 0 Å². The zero-order chi connectivity index (χ0) is 6.83. The predicted octanol–water partition coefficient (Wildman–Crippen LogP) is 1.90. The maximum absolute atomic E-state index is 3.52. The van der Waals surface area contributed by atoms with Crippen LogP contribution in [0.4, 0.5) is 0 Å². The Balaban J connectivity index is 0. The van der Waals surface area contributed by atoms with E-state index in [1.54, 1.807) is 0 Å². The first-order chi connectivity index (χ1) is 3.83. The van der Waals surface area contributed by atoms with Gasteiger partial charge in [-0.15, -0.1) is 0 Å². The van der Waals surface area contributed by atoms with Crippen LogP contribution in [-0.4, -0.2) is 16.0 Å². The molecule has 0 atom stereocenters. The van der Waals surface area contributed by atoms with E-state index in [-0.39, 0.29) is 0 Å². The van der Waals surface area contributed by atoms with Gasteiger partial charge >= 0.3 is 76.4 Å². The standard InChI is InChI=1S/C3H5Se.C3H5.Cd/c1-2-3-4;1-3-2;/h2H,1,3H2;3H,1-2H2;. The first-order valence-electron chi connectivity index (χ1n) is 2.42. The Morgan fingerprint density at radius 3 is 1.62 bits per heavy atom. The molecule has 0 amide bonds. The summed E-state index contributed by atoms with van der Waals surface area (Å²) in [6.45, 7) is 6.97. The number of rotatable bonds is 2. The average molecular weight is 274 g/mol. The quantitative estimate of drug-likeness (QED) is 0.532. The molecule has 0 spiro atoms. The summed E-state index contributed by atoms with van der Waals surface area (Å²) in [5.74, 6) is 0. The van der Waals surface area contributed by atoms with E-state index >= 15 is 0 Å². The SMILES string of the molecule is C=CC[Se].C=C[CH2][Cd]. The van der Waals surface area contributed by atoms with E-state index in [1.165, 1.54) is 3.98 Å². The second-order valence-electron chi connectivity index (χ2n) is 1.03. The van der Waals surface area contributed by atoms with Crippen LogP contribution in [0.3, 0.4) is 0 Å². The fourth-order valence-corrected chi connectivity index (χ4v) is 0. The molecule has 0 aliphatic heterocycles. The normalized spacial score (nSPS) is 6.38. The third kappa shape index (κ3) is 28.4. The molecular formula is C6H10CdSe. The fourth-order valence-electron chi connectivity index (χ4n) is 0. The van der Waals surface area contributed by atoms with Gasteiger partial charge in [-0.2, -0.15) is 0 Å². The van der Waals surface area contributed by atoms with Gasteiger partial charge in [0.05, 0.1) is 0 Å². The Labute approximate surface area is 75.9 Å². The third-order valence-electron chi connectivity index (χ3n) is 0.322. The predicted molar refractivity (Wildman–Crippen MR) is 35.8 cm³/mol. The van der Waals surface area contributed by atoms with Crippen molar-refractivity contribution < 1.29 is 25.8 Å². The van der Waals surface area contributed by atoms with Crippen LogP contribution < -0.4 is 0 Å². The third-order valence-corrected chi connectivity index (χ3v) is 1.98. The zero-order valence-corrected chi connectivity index (χ0v) is 10.8. The molecule has 0 aliphatic rings. The molecule has 1 radical (unpaired) electrons. The van der Waals surface area contributed by atoms with Crippen molar-refractivity contribution in [2.75, 3.05) is 0 Å². The van der Waals surface area contributed by atoms with Gasteiger partial charge in [-0.1, -0.05) is 0 Å². The number of allylic oxidation sites excluding steroid dienone is 2. The molecule has 0 N–H and O–H groups in total. The Hall–Kier alpha value is 0.922. The first-order valence-corrected chi connectivity index (χ1v) is 6.49. The maximum atomic E-state index is 3.52. The van der Waals surface area contributed by atoms with Gasteiger partial charge in [0, 0.05) is 0 Å². The van der Waals surface area contributed by atoms with Gasteiger partial charge in [0.15, 0.2) is 0 Å². The Bertz CT molecular complexity index is 44.5. The van der Waals surface area contributed by atoms with Crippen LogP contribution in [0, 0.1) is 0 Å². The summed E-state index contributed by atoms with van der Waals surface area (Å²) in [6, 6.07) is 0. The van der Waals surface area contributed by atoms with E-state index in [9.17, 15) is 0 Å². The second kappa shape index (κ2) is 15.7. The van der Waals surface area contributed by atoms with Crippen LogP contribution in [0.25, 0.3) is 0 Å². The van der Waals surface area contributed by atoms with Gasteiger partial charge in [-0.25, -0.2) is 0 Å². The van der Waals surface area contributed by atoms with E-state index in [2.05, 4.69) is 29.2 Å². The molecule has 0 aromatic carbocycles. The van der Waals surface area contributed by atoms with Crippen molar-refractivity contribution in [2.45, 2.75) is 9.30 Å². The van der Waals surface area contributed by atoms with Crippen molar-refractivity contribution in [2.24, 2.45) is 0 Å². The van der Waals surface area contributed by atoms with Crippen LogP contribution in [0.2, 0.25) is 9.30 Å². The van der Waals surface area contributed by atoms with Crippen molar-refractivity contribution in [3.8, 4) is 0 Å². The van der Waals surface area contributed by atoms with Gasteiger partial charge in [0.25, 0.3) is 0 Å². The Morgan fingerprint density at radius 2 is 1.62 bits per heavy atom. The topological polar surface area (TPSA) is 0 Å². The van der Waals surface area contributed by atoms with Crippen molar-refractivity contribution in [1.82, 2.24) is 0 Å². The number of hydrogen-bond acceptors (Lipinski definition) is 0. The summed E-state index contributed by atoms with van der Waals surface area (Å²) >= 11 is 3.87. The van der Waals surface area contributed by atoms with E-state index in [1.807, 2.05) is 12.2 Å². The molecule has 0 unspecified atom stereocenters. The molecule has 0 rings (SSSR count). The minimum atomic E-state index is 0.958. The molecule has 8 heavy (non-hydrogen) atoms. The molecule has 0 bridgehead atoms. The van der Waals surface area contributed by atoms with E-state index < -0.39 is 0 Å². The molecule has 0 saturated carbocycles. The molecule has 0 aromatic heterocycles. The molecule has 0 nitrogen and oxygen atoms in total. The average Bonchev–Trinajstić information content (AvgIpc) is 1.88. The summed E-state index contributed by atoms with van der Waals surface area (Å²) in [5, 5.41) is 0.958. The van der Waals surface area contributed by atoms with Crippen molar-refractivity contribution in [3.63, 3.8) is 0 Å². The molecule has 0 aromatic rings. The molecule has 0 saturated heterocycles. The summed E-state index contributed by atoms with van der Waals surface area (Å²) in [5.41, 5.74) is 0. The molecule has 42 valence electrons. The van der Waals surface area contributed by atoms with Gasteiger partial charge in [-0.05, 0) is 0 Å². The van der Waals surface area contributed by atoms with E-state index in [4.69, 9.17) is 0 Å². The minimum absolute atomic E-state index is 0.958. The molecular weight excluding hydrogens is 263 g/mol. The van der Waals surface area contributed by atoms with Crippen LogP contribution >= 0.6 is 0 Å². The molecule has 0 aliphatic carbocycles.